The lowest BCUT2D eigenvalue weighted by atomic mass is 10.0. The Hall–Kier alpha value is -0.850. The Morgan fingerprint density at radius 3 is 2.77 bits per heavy atom. The Labute approximate surface area is 144 Å². The fraction of sp³-hybridized carbons (Fsp3) is 0.600. The monoisotopic (exact) mass is 390 g/mol. The second kappa shape index (κ2) is 6.72. The van der Waals surface area contributed by atoms with E-state index in [-0.39, 0.29) is 18.2 Å². The zero-order chi connectivity index (χ0) is 16.5. The summed E-state index contributed by atoms with van der Waals surface area (Å²) in [6.07, 6.45) is -0.592. The van der Waals surface area contributed by atoms with Crippen molar-refractivity contribution in [1.29, 1.82) is 0 Å². The molecule has 22 heavy (non-hydrogen) atoms. The Morgan fingerprint density at radius 2 is 2.18 bits per heavy atom. The number of hydrogen-bond donors (Lipinski definition) is 0. The predicted octanol–water partition coefficient (Wildman–Crippen LogP) is 4.19. The number of nitrogens with zero attached hydrogens (tertiary/aromatic N) is 2. The summed E-state index contributed by atoms with van der Waals surface area (Å²) in [4.78, 5) is 18.1. The third kappa shape index (κ3) is 4.33. The van der Waals surface area contributed by atoms with Crippen LogP contribution < -0.4 is 0 Å². The highest BCUT2D eigenvalue weighted by Gasteiger charge is 2.35. The highest BCUT2D eigenvalue weighted by Crippen LogP contribution is 2.31. The third-order valence-corrected chi connectivity index (χ3v) is 3.90. The van der Waals surface area contributed by atoms with E-state index in [1.54, 1.807) is 11.0 Å². The molecule has 0 saturated carbocycles. The van der Waals surface area contributed by atoms with Crippen LogP contribution in [0.15, 0.2) is 16.7 Å². The Kier molecular flexibility index (Phi) is 5.35. The Morgan fingerprint density at radius 1 is 1.50 bits per heavy atom. The van der Waals surface area contributed by atoms with Gasteiger partial charge in [-0.1, -0.05) is 11.6 Å². The Bertz CT molecular complexity index is 542. The van der Waals surface area contributed by atoms with Crippen LogP contribution in [-0.4, -0.2) is 40.8 Å². The molecule has 0 aromatic carbocycles. The second-order valence-corrected chi connectivity index (χ2v) is 7.45. The van der Waals surface area contributed by atoms with E-state index in [1.807, 2.05) is 33.8 Å². The van der Waals surface area contributed by atoms with Crippen molar-refractivity contribution in [3.05, 3.63) is 27.5 Å². The molecule has 1 saturated heterocycles. The molecular formula is C15H20BrClN2O3. The number of pyridine rings is 1. The van der Waals surface area contributed by atoms with E-state index >= 15 is 0 Å². The molecule has 2 atom stereocenters. The molecule has 7 heteroatoms. The normalized spacial score (nSPS) is 22.5. The zero-order valence-electron chi connectivity index (χ0n) is 13.1. The molecule has 1 fully saturated rings. The van der Waals surface area contributed by atoms with Crippen molar-refractivity contribution in [2.24, 2.45) is 0 Å². The second-order valence-electron chi connectivity index (χ2n) is 6.25. The zero-order valence-corrected chi connectivity index (χ0v) is 15.4. The smallest absolute Gasteiger partial charge is 0.410 e. The van der Waals surface area contributed by atoms with Crippen LogP contribution in [0.25, 0.3) is 0 Å². The predicted molar refractivity (Wildman–Crippen MR) is 88.0 cm³/mol. The third-order valence-electron chi connectivity index (χ3n) is 3.30. The molecule has 0 bridgehead atoms. The number of carbonyl (C=O) groups is 1. The molecule has 1 aromatic heterocycles. The minimum Gasteiger partial charge on any atom is -0.444 e. The molecule has 5 nitrogen and oxygen atoms in total. The van der Waals surface area contributed by atoms with Gasteiger partial charge in [-0.2, -0.15) is 0 Å². The van der Waals surface area contributed by atoms with Gasteiger partial charge in [0.05, 0.1) is 12.6 Å². The first-order chi connectivity index (χ1) is 10.2. The number of amides is 1. The number of aromatic nitrogens is 1. The van der Waals surface area contributed by atoms with E-state index in [2.05, 4.69) is 20.9 Å². The van der Waals surface area contributed by atoms with Gasteiger partial charge in [0.1, 0.15) is 21.5 Å². The molecule has 1 aromatic rings. The number of carbonyl (C=O) groups excluding carboxylic acids is 1. The first kappa shape index (κ1) is 17.5. The Balaban J connectivity index is 2.19. The number of morpholine rings is 1. The van der Waals surface area contributed by atoms with Crippen molar-refractivity contribution in [3.8, 4) is 0 Å². The molecule has 1 aliphatic rings. The summed E-state index contributed by atoms with van der Waals surface area (Å²) in [6, 6.07) is 3.45. The number of halogens is 2. The molecule has 0 aliphatic carbocycles. The largest absolute Gasteiger partial charge is 0.444 e. The maximum atomic E-state index is 12.3. The van der Waals surface area contributed by atoms with E-state index in [9.17, 15) is 4.79 Å². The van der Waals surface area contributed by atoms with Gasteiger partial charge in [-0.15, -0.1) is 0 Å². The fourth-order valence-corrected chi connectivity index (χ4v) is 3.16. The minimum atomic E-state index is -0.520. The van der Waals surface area contributed by atoms with Crippen molar-refractivity contribution < 1.29 is 14.3 Å². The standard InChI is InChI=1S/C15H20BrClN2O3/c1-9-13(10-7-11(16)18-12(17)8-10)21-6-5-19(9)14(20)22-15(2,3)4/h7-9,13H,5-6H2,1-4H3/t9-,13+/m1/s1. The summed E-state index contributed by atoms with van der Waals surface area (Å²) >= 11 is 9.33. The van der Waals surface area contributed by atoms with Crippen molar-refractivity contribution in [2.75, 3.05) is 13.2 Å². The van der Waals surface area contributed by atoms with Crippen molar-refractivity contribution >= 4 is 33.6 Å². The van der Waals surface area contributed by atoms with Gasteiger partial charge in [0.25, 0.3) is 0 Å². The quantitative estimate of drug-likeness (QED) is 0.673. The summed E-state index contributed by atoms with van der Waals surface area (Å²) in [6.45, 7) is 8.46. The van der Waals surface area contributed by atoms with Crippen LogP contribution >= 0.6 is 27.5 Å². The first-order valence-corrected chi connectivity index (χ1v) is 8.28. The minimum absolute atomic E-state index is 0.158. The van der Waals surface area contributed by atoms with E-state index in [4.69, 9.17) is 21.1 Å². The molecule has 0 unspecified atom stereocenters. The summed E-state index contributed by atoms with van der Waals surface area (Å²) in [5.41, 5.74) is 0.362. The maximum absolute atomic E-state index is 12.3. The van der Waals surface area contributed by atoms with Crippen molar-refractivity contribution in [3.63, 3.8) is 0 Å². The van der Waals surface area contributed by atoms with Gasteiger partial charge < -0.3 is 14.4 Å². The summed E-state index contributed by atoms with van der Waals surface area (Å²) < 4.78 is 11.9. The highest BCUT2D eigenvalue weighted by molar-refractivity contribution is 9.10. The molecule has 1 aliphatic heterocycles. The molecule has 0 N–H and O–H groups in total. The molecule has 122 valence electrons. The summed E-state index contributed by atoms with van der Waals surface area (Å²) in [5, 5.41) is 0.384. The highest BCUT2D eigenvalue weighted by atomic mass is 79.9. The van der Waals surface area contributed by atoms with Gasteiger partial charge in [-0.3, -0.25) is 0 Å². The number of hydrogen-bond acceptors (Lipinski definition) is 4. The van der Waals surface area contributed by atoms with Gasteiger partial charge in [-0.05, 0) is 61.3 Å². The van der Waals surface area contributed by atoms with Crippen LogP contribution in [0.4, 0.5) is 4.79 Å². The van der Waals surface area contributed by atoms with Crippen LogP contribution in [0.5, 0.6) is 0 Å². The van der Waals surface area contributed by atoms with E-state index in [0.717, 1.165) is 5.56 Å². The lowest BCUT2D eigenvalue weighted by molar-refractivity contribution is -0.0724. The molecule has 1 amide bonds. The molecule has 0 radical (unpaired) electrons. The average Bonchev–Trinajstić information content (AvgIpc) is 2.35. The lowest BCUT2D eigenvalue weighted by Gasteiger charge is -2.40. The SMILES string of the molecule is C[C@@H]1[C@@H](c2cc(Cl)nc(Br)c2)OCCN1C(=O)OC(C)(C)C. The van der Waals surface area contributed by atoms with Crippen LogP contribution in [0, 0.1) is 0 Å². The van der Waals surface area contributed by atoms with Crippen LogP contribution in [0.2, 0.25) is 5.15 Å². The van der Waals surface area contributed by atoms with E-state index < -0.39 is 5.60 Å². The van der Waals surface area contributed by atoms with E-state index in [1.165, 1.54) is 0 Å². The van der Waals surface area contributed by atoms with Crippen molar-refractivity contribution in [2.45, 2.75) is 45.4 Å². The molecule has 0 spiro atoms. The van der Waals surface area contributed by atoms with Crippen LogP contribution in [0.1, 0.15) is 39.4 Å². The molecular weight excluding hydrogens is 372 g/mol. The van der Waals surface area contributed by atoms with Gasteiger partial charge >= 0.3 is 6.09 Å². The van der Waals surface area contributed by atoms with Gasteiger partial charge in [0.2, 0.25) is 0 Å². The lowest BCUT2D eigenvalue weighted by Crippen LogP contribution is -2.50. The first-order valence-electron chi connectivity index (χ1n) is 7.11. The molecule has 2 rings (SSSR count). The van der Waals surface area contributed by atoms with Crippen molar-refractivity contribution in [1.82, 2.24) is 9.88 Å². The van der Waals surface area contributed by atoms with Gasteiger partial charge in [0, 0.05) is 6.54 Å². The number of rotatable bonds is 1. The van der Waals surface area contributed by atoms with Crippen LogP contribution in [0.3, 0.4) is 0 Å². The van der Waals surface area contributed by atoms with Gasteiger partial charge in [0.15, 0.2) is 0 Å². The van der Waals surface area contributed by atoms with E-state index in [0.29, 0.717) is 22.9 Å². The van der Waals surface area contributed by atoms with Gasteiger partial charge in [-0.25, -0.2) is 9.78 Å². The summed E-state index contributed by atoms with van der Waals surface area (Å²) in [5.74, 6) is 0. The average molecular weight is 392 g/mol. The summed E-state index contributed by atoms with van der Waals surface area (Å²) in [7, 11) is 0. The molecule has 2 heterocycles. The maximum Gasteiger partial charge on any atom is 0.410 e. The number of ether oxygens (including phenoxy) is 2. The fourth-order valence-electron chi connectivity index (χ4n) is 2.38. The topological polar surface area (TPSA) is 51.7 Å². The van der Waals surface area contributed by atoms with Crippen LogP contribution in [-0.2, 0) is 9.47 Å².